The lowest BCUT2D eigenvalue weighted by Crippen LogP contribution is -2.46. The minimum atomic E-state index is -0.542. The lowest BCUT2D eigenvalue weighted by atomic mass is 9.89. The third-order valence-corrected chi connectivity index (χ3v) is 4.57. The van der Waals surface area contributed by atoms with Gasteiger partial charge >= 0.3 is 6.09 Å². The zero-order valence-electron chi connectivity index (χ0n) is 20.9. The summed E-state index contributed by atoms with van der Waals surface area (Å²) in [5, 5.41) is 6.61. The number of halogens is 1. The van der Waals surface area contributed by atoms with Crippen LogP contribution in [0.4, 0.5) is 4.79 Å². The first-order valence-electron chi connectivity index (χ1n) is 10.8. The number of hydrogen-bond donors (Lipinski definition) is 2. The van der Waals surface area contributed by atoms with Gasteiger partial charge in [-0.05, 0) is 44.2 Å². The Morgan fingerprint density at radius 2 is 1.91 bits per heavy atom. The minimum absolute atomic E-state index is 0. The average molecular weight is 564 g/mol. The second-order valence-corrected chi connectivity index (χ2v) is 9.59. The third-order valence-electron chi connectivity index (χ3n) is 4.57. The fourth-order valence-electron chi connectivity index (χ4n) is 2.90. The van der Waals surface area contributed by atoms with Crippen molar-refractivity contribution in [3.05, 3.63) is 30.1 Å². The Kier molecular flexibility index (Phi) is 13.8. The van der Waals surface area contributed by atoms with Crippen LogP contribution >= 0.6 is 24.0 Å². The number of carbonyl (C=O) groups is 1. The molecule has 9 heteroatoms. The van der Waals surface area contributed by atoms with Gasteiger partial charge in [0.1, 0.15) is 5.60 Å². The molecule has 0 spiro atoms. The lowest BCUT2D eigenvalue weighted by molar-refractivity contribution is 0.0205. The molecule has 1 aromatic rings. The van der Waals surface area contributed by atoms with Crippen LogP contribution in [-0.2, 0) is 16.0 Å². The van der Waals surface area contributed by atoms with E-state index in [0.29, 0.717) is 32.1 Å². The topological polar surface area (TPSA) is 88.1 Å². The predicted molar refractivity (Wildman–Crippen MR) is 141 cm³/mol. The van der Waals surface area contributed by atoms with Crippen molar-refractivity contribution in [3.63, 3.8) is 0 Å². The molecule has 0 fully saturated rings. The molecular weight excluding hydrogens is 521 g/mol. The highest BCUT2D eigenvalue weighted by Crippen LogP contribution is 2.20. The maximum Gasteiger partial charge on any atom is 0.410 e. The van der Waals surface area contributed by atoms with E-state index >= 15 is 0 Å². The lowest BCUT2D eigenvalue weighted by Gasteiger charge is -2.30. The fourth-order valence-corrected chi connectivity index (χ4v) is 2.90. The SMILES string of the molecule is CN=C(NCCCN(Cc1cccnc1)C(=O)OC(C)(C)C)NCC(OC)C(C)(C)C.I. The van der Waals surface area contributed by atoms with E-state index in [9.17, 15) is 4.79 Å². The standard InChI is InChI=1S/C23H41N5O3.HI/c1-22(2,3)19(30-8)16-27-20(24-7)26-13-10-14-28(21(29)31-23(4,5)6)17-18-11-9-12-25-15-18;/h9,11-12,15,19H,10,13-14,16-17H2,1-8H3,(H2,24,26,27);1H. The molecule has 1 aromatic heterocycles. The Morgan fingerprint density at radius 1 is 1.22 bits per heavy atom. The number of aliphatic imine (C=N–C) groups is 1. The van der Waals surface area contributed by atoms with Crippen molar-refractivity contribution in [2.75, 3.05) is 33.8 Å². The quantitative estimate of drug-likeness (QED) is 0.204. The predicted octanol–water partition coefficient (Wildman–Crippen LogP) is 4.05. The van der Waals surface area contributed by atoms with Crippen molar-refractivity contribution in [1.82, 2.24) is 20.5 Å². The molecule has 184 valence electrons. The van der Waals surface area contributed by atoms with Crippen molar-refractivity contribution < 1.29 is 14.3 Å². The van der Waals surface area contributed by atoms with E-state index < -0.39 is 5.60 Å². The molecule has 0 saturated heterocycles. The molecular formula is C23H42IN5O3. The van der Waals surface area contributed by atoms with Gasteiger partial charge in [-0.25, -0.2) is 4.79 Å². The van der Waals surface area contributed by atoms with E-state index in [-0.39, 0.29) is 41.6 Å². The van der Waals surface area contributed by atoms with E-state index in [1.807, 2.05) is 32.9 Å². The number of ether oxygens (including phenoxy) is 2. The summed E-state index contributed by atoms with van der Waals surface area (Å²) in [6.45, 7) is 14.4. The Morgan fingerprint density at radius 3 is 2.41 bits per heavy atom. The van der Waals surface area contributed by atoms with Gasteiger partial charge in [0.05, 0.1) is 12.6 Å². The number of aromatic nitrogens is 1. The van der Waals surface area contributed by atoms with E-state index in [4.69, 9.17) is 9.47 Å². The molecule has 0 aromatic carbocycles. The molecule has 1 amide bonds. The number of carbonyl (C=O) groups excluding carboxylic acids is 1. The minimum Gasteiger partial charge on any atom is -0.444 e. The first kappa shape index (κ1) is 30.4. The van der Waals surface area contributed by atoms with Crippen LogP contribution in [0, 0.1) is 5.41 Å². The van der Waals surface area contributed by atoms with Gasteiger partial charge in [0.25, 0.3) is 0 Å². The second-order valence-electron chi connectivity index (χ2n) is 9.59. The Hall–Kier alpha value is -1.62. The smallest absolute Gasteiger partial charge is 0.410 e. The van der Waals surface area contributed by atoms with Crippen LogP contribution in [0.5, 0.6) is 0 Å². The Balaban J connectivity index is 0.00000961. The number of nitrogens with one attached hydrogen (secondary N) is 2. The summed E-state index contributed by atoms with van der Waals surface area (Å²) in [4.78, 5) is 22.8. The highest BCUT2D eigenvalue weighted by Gasteiger charge is 2.24. The first-order chi connectivity index (χ1) is 14.5. The molecule has 0 aliphatic carbocycles. The van der Waals surface area contributed by atoms with Gasteiger partial charge in [-0.1, -0.05) is 26.8 Å². The highest BCUT2D eigenvalue weighted by atomic mass is 127. The molecule has 1 rings (SSSR count). The summed E-state index contributed by atoms with van der Waals surface area (Å²) in [7, 11) is 3.46. The number of amides is 1. The third kappa shape index (κ3) is 12.4. The number of pyridine rings is 1. The van der Waals surface area contributed by atoms with E-state index in [1.54, 1.807) is 31.5 Å². The number of guanidine groups is 1. The van der Waals surface area contributed by atoms with Gasteiger partial charge in [0.15, 0.2) is 5.96 Å². The summed E-state index contributed by atoms with van der Waals surface area (Å²) in [6.07, 6.45) is 3.97. The normalized spacial score (nSPS) is 13.1. The van der Waals surface area contributed by atoms with Gasteiger partial charge in [0, 0.05) is 46.2 Å². The van der Waals surface area contributed by atoms with Crippen molar-refractivity contribution in [2.45, 2.75) is 66.2 Å². The summed E-state index contributed by atoms with van der Waals surface area (Å²) in [5.74, 6) is 0.711. The molecule has 2 N–H and O–H groups in total. The van der Waals surface area contributed by atoms with Crippen molar-refractivity contribution in [2.24, 2.45) is 10.4 Å². The van der Waals surface area contributed by atoms with Gasteiger partial charge in [0.2, 0.25) is 0 Å². The summed E-state index contributed by atoms with van der Waals surface area (Å²) >= 11 is 0. The molecule has 1 unspecified atom stereocenters. The second kappa shape index (κ2) is 14.5. The number of hydrogen-bond acceptors (Lipinski definition) is 5. The van der Waals surface area contributed by atoms with E-state index in [0.717, 1.165) is 12.0 Å². The summed E-state index contributed by atoms with van der Waals surface area (Å²) in [6, 6.07) is 3.82. The van der Waals surface area contributed by atoms with Crippen LogP contribution in [0.1, 0.15) is 53.5 Å². The zero-order chi connectivity index (χ0) is 23.5. The van der Waals surface area contributed by atoms with Gasteiger partial charge in [-0.3, -0.25) is 9.98 Å². The van der Waals surface area contributed by atoms with Crippen molar-refractivity contribution >= 4 is 36.0 Å². The molecule has 32 heavy (non-hydrogen) atoms. The molecule has 0 radical (unpaired) electrons. The number of methoxy groups -OCH3 is 1. The van der Waals surface area contributed by atoms with Crippen LogP contribution in [0.15, 0.2) is 29.5 Å². The van der Waals surface area contributed by atoms with Crippen LogP contribution in [0.25, 0.3) is 0 Å². The average Bonchev–Trinajstić information content (AvgIpc) is 2.67. The van der Waals surface area contributed by atoms with Crippen LogP contribution in [0.3, 0.4) is 0 Å². The summed E-state index contributed by atoms with van der Waals surface area (Å²) < 4.78 is 11.2. The highest BCUT2D eigenvalue weighted by molar-refractivity contribution is 14.0. The molecule has 0 bridgehead atoms. The molecule has 0 aliphatic rings. The fraction of sp³-hybridized carbons (Fsp3) is 0.696. The number of nitrogens with zero attached hydrogens (tertiary/aromatic N) is 3. The molecule has 0 aliphatic heterocycles. The number of rotatable bonds is 9. The monoisotopic (exact) mass is 563 g/mol. The maximum atomic E-state index is 12.7. The van der Waals surface area contributed by atoms with Gasteiger partial charge < -0.3 is 25.0 Å². The molecule has 1 heterocycles. The van der Waals surface area contributed by atoms with Crippen LogP contribution in [-0.4, -0.2) is 67.4 Å². The van der Waals surface area contributed by atoms with Crippen LogP contribution in [0.2, 0.25) is 0 Å². The van der Waals surface area contributed by atoms with Crippen molar-refractivity contribution in [3.8, 4) is 0 Å². The van der Waals surface area contributed by atoms with Crippen LogP contribution < -0.4 is 10.6 Å². The van der Waals surface area contributed by atoms with Gasteiger partial charge in [-0.2, -0.15) is 0 Å². The van der Waals surface area contributed by atoms with Crippen molar-refractivity contribution in [1.29, 1.82) is 0 Å². The largest absolute Gasteiger partial charge is 0.444 e. The van der Waals surface area contributed by atoms with E-state index in [1.165, 1.54) is 0 Å². The Bertz CT molecular complexity index is 687. The zero-order valence-corrected chi connectivity index (χ0v) is 23.2. The van der Waals surface area contributed by atoms with Gasteiger partial charge in [-0.15, -0.1) is 24.0 Å². The first-order valence-corrected chi connectivity index (χ1v) is 10.8. The maximum absolute atomic E-state index is 12.7. The van der Waals surface area contributed by atoms with E-state index in [2.05, 4.69) is 41.4 Å². The molecule has 0 saturated carbocycles. The summed E-state index contributed by atoms with van der Waals surface area (Å²) in [5.41, 5.74) is 0.451. The Labute approximate surface area is 211 Å². The molecule has 8 nitrogen and oxygen atoms in total. The molecule has 1 atom stereocenters.